The van der Waals surface area contributed by atoms with E-state index in [1.165, 1.54) is 12.1 Å². The van der Waals surface area contributed by atoms with Crippen molar-refractivity contribution < 1.29 is 13.2 Å². The summed E-state index contributed by atoms with van der Waals surface area (Å²) in [5.74, 6) is 1.61. The summed E-state index contributed by atoms with van der Waals surface area (Å²) < 4.78 is 38.5. The largest absolute Gasteiger partial charge is 0.416 e. The molecule has 7 heteroatoms. The SMILES string of the molecule is Cc1ncc(CN(C)CC2CCN(CCc3cccc(C(F)(F)F)c3)CC2)[nH]1. The number of nitrogens with one attached hydrogen (secondary N) is 1. The number of piperidine rings is 1. The maximum atomic E-state index is 12.8. The van der Waals surface area contributed by atoms with Gasteiger partial charge < -0.3 is 14.8 Å². The molecule has 1 aromatic heterocycles. The summed E-state index contributed by atoms with van der Waals surface area (Å²) in [4.78, 5) is 12.2. The van der Waals surface area contributed by atoms with Crippen LogP contribution in [0.25, 0.3) is 0 Å². The van der Waals surface area contributed by atoms with Gasteiger partial charge in [-0.15, -0.1) is 0 Å². The predicted octanol–water partition coefficient (Wildman–Crippen LogP) is 4.12. The van der Waals surface area contributed by atoms with Crippen LogP contribution in [-0.2, 0) is 19.1 Å². The van der Waals surface area contributed by atoms with Crippen molar-refractivity contribution in [3.05, 3.63) is 53.1 Å². The summed E-state index contributed by atoms with van der Waals surface area (Å²) in [5.41, 5.74) is 1.34. The van der Waals surface area contributed by atoms with Gasteiger partial charge in [-0.3, -0.25) is 0 Å². The fourth-order valence-electron chi connectivity index (χ4n) is 3.93. The van der Waals surface area contributed by atoms with E-state index in [9.17, 15) is 13.2 Å². The highest BCUT2D eigenvalue weighted by Crippen LogP contribution is 2.29. The number of aromatic amines is 1. The molecule has 0 bridgehead atoms. The Hall–Kier alpha value is -1.86. The van der Waals surface area contributed by atoms with Crippen molar-refractivity contribution in [1.29, 1.82) is 0 Å². The van der Waals surface area contributed by atoms with E-state index in [-0.39, 0.29) is 0 Å². The first-order valence-corrected chi connectivity index (χ1v) is 9.87. The van der Waals surface area contributed by atoms with Crippen LogP contribution in [0.1, 0.15) is 35.5 Å². The summed E-state index contributed by atoms with van der Waals surface area (Å²) >= 11 is 0. The normalized spacial score (nSPS) is 16.8. The van der Waals surface area contributed by atoms with Crippen LogP contribution >= 0.6 is 0 Å². The lowest BCUT2D eigenvalue weighted by Crippen LogP contribution is -2.38. The Morgan fingerprint density at radius 3 is 2.64 bits per heavy atom. The zero-order valence-electron chi connectivity index (χ0n) is 16.6. The molecule has 1 fully saturated rings. The highest BCUT2D eigenvalue weighted by molar-refractivity contribution is 5.25. The van der Waals surface area contributed by atoms with Crippen molar-refractivity contribution in [1.82, 2.24) is 19.8 Å². The molecular weight excluding hydrogens is 365 g/mol. The molecule has 28 heavy (non-hydrogen) atoms. The molecule has 1 aliphatic rings. The highest BCUT2D eigenvalue weighted by atomic mass is 19.4. The molecule has 0 amide bonds. The molecule has 0 radical (unpaired) electrons. The van der Waals surface area contributed by atoms with Crippen LogP contribution in [0.4, 0.5) is 13.2 Å². The molecule has 3 rings (SSSR count). The Kier molecular flexibility index (Phi) is 6.78. The number of imidazole rings is 1. The average Bonchev–Trinajstić information content (AvgIpc) is 3.05. The van der Waals surface area contributed by atoms with Crippen molar-refractivity contribution in [2.45, 2.75) is 38.9 Å². The molecule has 1 N–H and O–H groups in total. The molecular formula is C21H29F3N4. The average molecular weight is 394 g/mol. The standard InChI is InChI=1S/C21H29F3N4/c1-16-25-13-20(26-16)15-27(2)14-18-7-10-28(11-8-18)9-6-17-4-3-5-19(12-17)21(22,23)24/h3-5,12-13,18H,6-11,14-15H2,1-2H3,(H,25,26). The van der Waals surface area contributed by atoms with Crippen LogP contribution in [0.15, 0.2) is 30.5 Å². The lowest BCUT2D eigenvalue weighted by molar-refractivity contribution is -0.137. The lowest BCUT2D eigenvalue weighted by atomic mass is 9.96. The van der Waals surface area contributed by atoms with Gasteiger partial charge in [0, 0.05) is 31.5 Å². The smallest absolute Gasteiger partial charge is 0.345 e. The summed E-state index contributed by atoms with van der Waals surface area (Å²) in [6, 6.07) is 5.70. The first-order valence-electron chi connectivity index (χ1n) is 9.87. The molecule has 0 atom stereocenters. The van der Waals surface area contributed by atoms with E-state index in [2.05, 4.69) is 26.8 Å². The second-order valence-corrected chi connectivity index (χ2v) is 7.92. The number of benzene rings is 1. The van der Waals surface area contributed by atoms with Gasteiger partial charge in [0.1, 0.15) is 5.82 Å². The van der Waals surface area contributed by atoms with Gasteiger partial charge in [-0.25, -0.2) is 4.98 Å². The molecule has 4 nitrogen and oxygen atoms in total. The van der Waals surface area contributed by atoms with Crippen LogP contribution < -0.4 is 0 Å². The molecule has 0 spiro atoms. The maximum Gasteiger partial charge on any atom is 0.416 e. The second kappa shape index (κ2) is 9.09. The van der Waals surface area contributed by atoms with E-state index in [4.69, 9.17) is 0 Å². The van der Waals surface area contributed by atoms with Crippen molar-refractivity contribution in [2.24, 2.45) is 5.92 Å². The first-order chi connectivity index (χ1) is 13.3. The van der Waals surface area contributed by atoms with Gasteiger partial charge in [0.05, 0.1) is 5.56 Å². The Labute approximate surface area is 164 Å². The second-order valence-electron chi connectivity index (χ2n) is 7.92. The van der Waals surface area contributed by atoms with Gasteiger partial charge in [0.15, 0.2) is 0 Å². The van der Waals surface area contributed by atoms with Crippen molar-refractivity contribution in [3.8, 4) is 0 Å². The highest BCUT2D eigenvalue weighted by Gasteiger charge is 2.30. The van der Waals surface area contributed by atoms with E-state index in [1.54, 1.807) is 6.07 Å². The number of aryl methyl sites for hydroxylation is 1. The van der Waals surface area contributed by atoms with E-state index in [0.717, 1.165) is 68.7 Å². The van der Waals surface area contributed by atoms with Gasteiger partial charge in [-0.1, -0.05) is 18.2 Å². The number of aromatic nitrogens is 2. The van der Waals surface area contributed by atoms with E-state index in [1.807, 2.05) is 13.1 Å². The number of H-pyrrole nitrogens is 1. The molecule has 0 unspecified atom stereocenters. The first kappa shape index (κ1) is 20.9. The Bertz CT molecular complexity index is 748. The zero-order chi connectivity index (χ0) is 20.1. The third kappa shape index (κ3) is 6.07. The van der Waals surface area contributed by atoms with Gasteiger partial charge in [-0.05, 0) is 63.9 Å². The maximum absolute atomic E-state index is 12.8. The molecule has 1 saturated heterocycles. The number of halogens is 3. The van der Waals surface area contributed by atoms with Gasteiger partial charge >= 0.3 is 6.18 Å². The topological polar surface area (TPSA) is 35.2 Å². The summed E-state index contributed by atoms with van der Waals surface area (Å²) in [5, 5.41) is 0. The molecule has 1 aromatic carbocycles. The fourth-order valence-corrected chi connectivity index (χ4v) is 3.93. The van der Waals surface area contributed by atoms with Crippen molar-refractivity contribution >= 4 is 0 Å². The van der Waals surface area contributed by atoms with Crippen LogP contribution in [0.3, 0.4) is 0 Å². The number of alkyl halides is 3. The van der Waals surface area contributed by atoms with Crippen LogP contribution in [0.5, 0.6) is 0 Å². The molecule has 2 aromatic rings. The van der Waals surface area contributed by atoms with Crippen molar-refractivity contribution in [3.63, 3.8) is 0 Å². The molecule has 0 aliphatic carbocycles. The zero-order valence-corrected chi connectivity index (χ0v) is 16.6. The minimum atomic E-state index is -4.27. The number of nitrogens with zero attached hydrogens (tertiary/aromatic N) is 3. The quantitative estimate of drug-likeness (QED) is 0.767. The Balaban J connectivity index is 1.39. The predicted molar refractivity (Wildman–Crippen MR) is 104 cm³/mol. The Morgan fingerprint density at radius 2 is 2.00 bits per heavy atom. The number of hydrogen-bond acceptors (Lipinski definition) is 3. The third-order valence-electron chi connectivity index (χ3n) is 5.44. The van der Waals surface area contributed by atoms with Crippen LogP contribution in [0.2, 0.25) is 0 Å². The number of rotatable bonds is 7. The number of likely N-dealkylation sites (tertiary alicyclic amines) is 1. The van der Waals surface area contributed by atoms with E-state index in [0.29, 0.717) is 12.3 Å². The van der Waals surface area contributed by atoms with Crippen molar-refractivity contribution in [2.75, 3.05) is 33.2 Å². The minimum absolute atomic E-state index is 0.556. The molecule has 2 heterocycles. The van der Waals surface area contributed by atoms with Gasteiger partial charge in [0.2, 0.25) is 0 Å². The third-order valence-corrected chi connectivity index (χ3v) is 5.44. The lowest BCUT2D eigenvalue weighted by Gasteiger charge is -2.33. The molecule has 154 valence electrons. The summed E-state index contributed by atoms with van der Waals surface area (Å²) in [6.07, 6.45) is 0.551. The summed E-state index contributed by atoms with van der Waals surface area (Å²) in [7, 11) is 2.14. The van der Waals surface area contributed by atoms with Gasteiger partial charge in [-0.2, -0.15) is 13.2 Å². The summed E-state index contributed by atoms with van der Waals surface area (Å²) in [6.45, 7) is 6.73. The van der Waals surface area contributed by atoms with E-state index >= 15 is 0 Å². The molecule has 0 saturated carbocycles. The van der Waals surface area contributed by atoms with Crippen LogP contribution in [-0.4, -0.2) is 53.0 Å². The van der Waals surface area contributed by atoms with E-state index < -0.39 is 11.7 Å². The molecule has 1 aliphatic heterocycles. The minimum Gasteiger partial charge on any atom is -0.345 e. The number of hydrogen-bond donors (Lipinski definition) is 1. The monoisotopic (exact) mass is 394 g/mol. The van der Waals surface area contributed by atoms with Crippen LogP contribution in [0, 0.1) is 12.8 Å². The van der Waals surface area contributed by atoms with Gasteiger partial charge in [0.25, 0.3) is 0 Å². The Morgan fingerprint density at radius 1 is 1.25 bits per heavy atom. The fraction of sp³-hybridized carbons (Fsp3) is 0.571.